The van der Waals surface area contributed by atoms with Gasteiger partial charge in [-0.05, 0) is 12.5 Å². The van der Waals surface area contributed by atoms with Crippen molar-refractivity contribution in [2.45, 2.75) is 33.8 Å². The summed E-state index contributed by atoms with van der Waals surface area (Å²) in [6.45, 7) is 8.03. The summed E-state index contributed by atoms with van der Waals surface area (Å²) in [6, 6.07) is 9.36. The van der Waals surface area contributed by atoms with Gasteiger partial charge >= 0.3 is 0 Å². The monoisotopic (exact) mass is 262 g/mol. The molecule has 1 rings (SSSR count). The third-order valence-electron chi connectivity index (χ3n) is 3.00. The van der Waals surface area contributed by atoms with Crippen molar-refractivity contribution >= 4 is 11.6 Å². The lowest BCUT2D eigenvalue weighted by Gasteiger charge is -2.19. The van der Waals surface area contributed by atoms with Crippen LogP contribution in [0.3, 0.4) is 0 Å². The Morgan fingerprint density at radius 3 is 2.32 bits per heavy atom. The smallest absolute Gasteiger partial charge is 0.273 e. The number of amides is 1. The Hall–Kier alpha value is -1.68. The van der Waals surface area contributed by atoms with Gasteiger partial charge in [-0.1, -0.05) is 51.1 Å². The molecule has 19 heavy (non-hydrogen) atoms. The first kappa shape index (κ1) is 15.4. The van der Waals surface area contributed by atoms with Gasteiger partial charge in [-0.2, -0.15) is 5.10 Å². The number of hydrazone groups is 1. The van der Waals surface area contributed by atoms with Crippen LogP contribution < -0.4 is 5.43 Å². The van der Waals surface area contributed by atoms with Crippen molar-refractivity contribution in [1.29, 1.82) is 0 Å². The van der Waals surface area contributed by atoms with Crippen molar-refractivity contribution in [3.63, 3.8) is 0 Å². The highest BCUT2D eigenvalue weighted by molar-refractivity contribution is 5.89. The van der Waals surface area contributed by atoms with Gasteiger partial charge in [0.2, 0.25) is 0 Å². The number of hydrogen-bond donors (Lipinski definition) is 1. The summed E-state index contributed by atoms with van der Waals surface area (Å²) in [5, 5.41) is 4.13. The van der Waals surface area contributed by atoms with Crippen LogP contribution in [0.15, 0.2) is 35.4 Å². The molecule has 0 fully saturated rings. The van der Waals surface area contributed by atoms with Gasteiger partial charge in [0.1, 0.15) is 0 Å². The minimum Gasteiger partial charge on any atom is -0.367 e. The largest absolute Gasteiger partial charge is 0.367 e. The molecule has 0 spiro atoms. The first-order valence-electron chi connectivity index (χ1n) is 6.28. The third-order valence-corrected chi connectivity index (χ3v) is 3.00. The fourth-order valence-electron chi connectivity index (χ4n) is 1.39. The fourth-order valence-corrected chi connectivity index (χ4v) is 1.39. The van der Waals surface area contributed by atoms with Crippen LogP contribution in [0.2, 0.25) is 0 Å². The molecule has 1 N–H and O–H groups in total. The molecule has 0 saturated heterocycles. The Balaban J connectivity index is 2.77. The molecule has 4 nitrogen and oxygen atoms in total. The van der Waals surface area contributed by atoms with Crippen molar-refractivity contribution in [3.05, 3.63) is 35.9 Å². The lowest BCUT2D eigenvalue weighted by molar-refractivity contribution is -0.131. The van der Waals surface area contributed by atoms with Crippen molar-refractivity contribution in [1.82, 2.24) is 5.43 Å². The van der Waals surface area contributed by atoms with Gasteiger partial charge in [0, 0.05) is 18.2 Å². The van der Waals surface area contributed by atoms with Crippen molar-refractivity contribution in [3.8, 4) is 0 Å². The Labute approximate surface area is 114 Å². The van der Waals surface area contributed by atoms with E-state index >= 15 is 0 Å². The molecule has 0 aliphatic rings. The van der Waals surface area contributed by atoms with Gasteiger partial charge in [-0.15, -0.1) is 0 Å². The maximum Gasteiger partial charge on any atom is 0.273 e. The number of nitrogens with one attached hydrogen (secondary N) is 1. The van der Waals surface area contributed by atoms with Gasteiger partial charge in [-0.3, -0.25) is 4.79 Å². The normalized spacial score (nSPS) is 14.1. The number of rotatable bonds is 4. The Bertz CT molecular complexity index is 447. The predicted octanol–water partition coefficient (Wildman–Crippen LogP) is 2.91. The van der Waals surface area contributed by atoms with E-state index in [2.05, 4.69) is 10.5 Å². The van der Waals surface area contributed by atoms with Crippen LogP contribution in [0.4, 0.5) is 0 Å². The van der Waals surface area contributed by atoms with Crippen LogP contribution in [0, 0.1) is 5.41 Å². The molecule has 1 atom stereocenters. The van der Waals surface area contributed by atoms with Crippen LogP contribution in [-0.4, -0.2) is 18.7 Å². The highest BCUT2D eigenvalue weighted by Crippen LogP contribution is 2.17. The van der Waals surface area contributed by atoms with Crippen LogP contribution >= 0.6 is 0 Å². The molecule has 0 radical (unpaired) electrons. The van der Waals surface area contributed by atoms with Crippen molar-refractivity contribution in [2.75, 3.05) is 7.11 Å². The maximum absolute atomic E-state index is 12.1. The minimum absolute atomic E-state index is 0.0669. The van der Waals surface area contributed by atoms with Gasteiger partial charge in [0.25, 0.3) is 5.91 Å². The molecule has 0 heterocycles. The molecule has 1 amide bonds. The number of nitrogens with zero attached hydrogens (tertiary/aromatic N) is 1. The molecule has 0 aliphatic carbocycles. The molecule has 1 aromatic carbocycles. The zero-order valence-corrected chi connectivity index (χ0v) is 12.2. The van der Waals surface area contributed by atoms with E-state index in [9.17, 15) is 4.79 Å². The summed E-state index contributed by atoms with van der Waals surface area (Å²) >= 11 is 0. The summed E-state index contributed by atoms with van der Waals surface area (Å²) in [4.78, 5) is 12.1. The lowest BCUT2D eigenvalue weighted by atomic mass is 9.91. The lowest BCUT2D eigenvalue weighted by Crippen LogP contribution is -2.29. The third kappa shape index (κ3) is 4.48. The van der Waals surface area contributed by atoms with Gasteiger partial charge in [-0.25, -0.2) is 5.43 Å². The molecular weight excluding hydrogens is 240 g/mol. The van der Waals surface area contributed by atoms with E-state index in [1.165, 1.54) is 7.11 Å². The molecule has 4 heteroatoms. The SMILES string of the molecule is COC(C(=O)N/N=C(\C)C(C)(C)C)c1ccccc1. The number of carbonyl (C=O) groups excluding carboxylic acids is 1. The summed E-state index contributed by atoms with van der Waals surface area (Å²) in [6.07, 6.45) is -0.641. The molecule has 1 aromatic rings. The van der Waals surface area contributed by atoms with Gasteiger partial charge < -0.3 is 4.74 Å². The van der Waals surface area contributed by atoms with E-state index in [-0.39, 0.29) is 11.3 Å². The van der Waals surface area contributed by atoms with Crippen LogP contribution in [0.1, 0.15) is 39.4 Å². The number of carbonyl (C=O) groups is 1. The number of hydrogen-bond acceptors (Lipinski definition) is 3. The average Bonchev–Trinajstić information content (AvgIpc) is 2.37. The fraction of sp³-hybridized carbons (Fsp3) is 0.467. The van der Waals surface area contributed by atoms with Gasteiger partial charge in [0.05, 0.1) is 0 Å². The van der Waals surface area contributed by atoms with E-state index in [1.807, 2.05) is 58.0 Å². The standard InChI is InChI=1S/C15H22N2O2/c1-11(15(2,3)4)16-17-14(18)13(19-5)12-9-7-6-8-10-12/h6-10,13H,1-5H3,(H,17,18)/b16-11+. The molecule has 0 bridgehead atoms. The van der Waals surface area contributed by atoms with Crippen LogP contribution in [-0.2, 0) is 9.53 Å². The zero-order chi connectivity index (χ0) is 14.5. The second-order valence-corrected chi connectivity index (χ2v) is 5.45. The summed E-state index contributed by atoms with van der Waals surface area (Å²) < 4.78 is 5.23. The van der Waals surface area contributed by atoms with Crippen molar-refractivity contribution in [2.24, 2.45) is 10.5 Å². The highest BCUT2D eigenvalue weighted by atomic mass is 16.5. The zero-order valence-electron chi connectivity index (χ0n) is 12.2. The number of benzene rings is 1. The predicted molar refractivity (Wildman–Crippen MR) is 76.9 cm³/mol. The molecule has 0 saturated carbocycles. The summed E-state index contributed by atoms with van der Waals surface area (Å²) in [5.41, 5.74) is 4.17. The Morgan fingerprint density at radius 2 is 1.84 bits per heavy atom. The van der Waals surface area contributed by atoms with Gasteiger partial charge in [0.15, 0.2) is 6.10 Å². The second-order valence-electron chi connectivity index (χ2n) is 5.45. The average molecular weight is 262 g/mol. The van der Waals surface area contributed by atoms with E-state index < -0.39 is 6.10 Å². The van der Waals surface area contributed by atoms with E-state index in [1.54, 1.807) is 0 Å². The van der Waals surface area contributed by atoms with Crippen LogP contribution in [0.5, 0.6) is 0 Å². The first-order valence-corrected chi connectivity index (χ1v) is 6.28. The highest BCUT2D eigenvalue weighted by Gasteiger charge is 2.20. The summed E-state index contributed by atoms with van der Waals surface area (Å²) in [7, 11) is 1.51. The quantitative estimate of drug-likeness (QED) is 0.670. The Morgan fingerprint density at radius 1 is 1.26 bits per heavy atom. The van der Waals surface area contributed by atoms with E-state index in [0.717, 1.165) is 11.3 Å². The number of methoxy groups -OCH3 is 1. The minimum atomic E-state index is -0.641. The first-order chi connectivity index (χ1) is 8.86. The maximum atomic E-state index is 12.1. The van der Waals surface area contributed by atoms with Crippen LogP contribution in [0.25, 0.3) is 0 Å². The Kier molecular flexibility index (Phi) is 5.24. The number of ether oxygens (including phenoxy) is 1. The molecule has 1 unspecified atom stereocenters. The molecule has 104 valence electrons. The topological polar surface area (TPSA) is 50.7 Å². The summed E-state index contributed by atoms with van der Waals surface area (Å²) in [5.74, 6) is -0.266. The second kappa shape index (κ2) is 6.48. The van der Waals surface area contributed by atoms with E-state index in [0.29, 0.717) is 0 Å². The van der Waals surface area contributed by atoms with E-state index in [4.69, 9.17) is 4.74 Å². The molecular formula is C15H22N2O2. The molecule has 0 aromatic heterocycles. The molecule has 0 aliphatic heterocycles. The van der Waals surface area contributed by atoms with Crippen molar-refractivity contribution < 1.29 is 9.53 Å².